The van der Waals surface area contributed by atoms with E-state index in [9.17, 15) is 4.79 Å². The summed E-state index contributed by atoms with van der Waals surface area (Å²) in [6.07, 6.45) is 1.62. The minimum absolute atomic E-state index is 0.291. The van der Waals surface area contributed by atoms with Gasteiger partial charge in [-0.05, 0) is 30.3 Å². The number of amides is 1. The lowest BCUT2D eigenvalue weighted by atomic mass is 10.1. The number of benzene rings is 2. The molecule has 0 aliphatic heterocycles. The average molecular weight is 294 g/mol. The highest BCUT2D eigenvalue weighted by Crippen LogP contribution is 2.33. The van der Waals surface area contributed by atoms with Crippen molar-refractivity contribution < 1.29 is 14.3 Å². The van der Waals surface area contributed by atoms with Crippen molar-refractivity contribution in [3.63, 3.8) is 0 Å². The fourth-order valence-corrected chi connectivity index (χ4v) is 2.21. The van der Waals surface area contributed by atoms with Crippen LogP contribution in [-0.4, -0.2) is 18.0 Å². The fraction of sp³-hybridized carbons (Fsp3) is 0.0588. The number of carbonyl (C=O) groups excluding carboxylic acids is 1. The van der Waals surface area contributed by atoms with E-state index >= 15 is 0 Å². The van der Waals surface area contributed by atoms with Crippen LogP contribution in [0.3, 0.4) is 0 Å². The maximum absolute atomic E-state index is 11.5. The molecule has 1 heterocycles. The molecular weight excluding hydrogens is 280 g/mol. The van der Waals surface area contributed by atoms with Gasteiger partial charge < -0.3 is 15.2 Å². The van der Waals surface area contributed by atoms with Crippen LogP contribution in [0.15, 0.2) is 54.7 Å². The lowest BCUT2D eigenvalue weighted by Crippen LogP contribution is -2.12. The van der Waals surface area contributed by atoms with Gasteiger partial charge in [-0.3, -0.25) is 9.78 Å². The van der Waals surface area contributed by atoms with Crippen molar-refractivity contribution in [2.24, 2.45) is 5.73 Å². The normalized spacial score (nSPS) is 10.4. The Labute approximate surface area is 127 Å². The Morgan fingerprint density at radius 3 is 2.55 bits per heavy atom. The van der Waals surface area contributed by atoms with Crippen LogP contribution in [0.1, 0.15) is 10.4 Å². The van der Waals surface area contributed by atoms with Crippen LogP contribution >= 0.6 is 0 Å². The summed E-state index contributed by atoms with van der Waals surface area (Å²) in [5, 5.41) is 0.744. The second-order valence-corrected chi connectivity index (χ2v) is 4.66. The number of hydrogen-bond donors (Lipinski definition) is 1. The topological polar surface area (TPSA) is 74.4 Å². The fourth-order valence-electron chi connectivity index (χ4n) is 2.21. The predicted molar refractivity (Wildman–Crippen MR) is 83.3 cm³/mol. The Bertz CT molecular complexity index is 832. The van der Waals surface area contributed by atoms with Crippen molar-refractivity contribution in [2.45, 2.75) is 0 Å². The predicted octanol–water partition coefficient (Wildman–Crippen LogP) is 3.13. The molecule has 3 aromatic rings. The molecule has 0 unspecified atom stereocenters. The highest BCUT2D eigenvalue weighted by atomic mass is 16.5. The molecule has 0 aliphatic rings. The zero-order chi connectivity index (χ0) is 15.5. The van der Waals surface area contributed by atoms with E-state index in [2.05, 4.69) is 4.98 Å². The molecule has 22 heavy (non-hydrogen) atoms. The lowest BCUT2D eigenvalue weighted by Gasteiger charge is -2.11. The van der Waals surface area contributed by atoms with E-state index in [1.165, 1.54) is 7.11 Å². The highest BCUT2D eigenvalue weighted by molar-refractivity contribution is 6.01. The zero-order valence-corrected chi connectivity index (χ0v) is 11.9. The number of nitrogens with zero attached hydrogens (tertiary/aromatic N) is 1. The first-order chi connectivity index (χ1) is 10.7. The average Bonchev–Trinajstić information content (AvgIpc) is 2.55. The van der Waals surface area contributed by atoms with E-state index in [-0.39, 0.29) is 0 Å². The Morgan fingerprint density at radius 1 is 1.09 bits per heavy atom. The molecule has 5 heteroatoms. The van der Waals surface area contributed by atoms with Crippen molar-refractivity contribution in [3.8, 4) is 17.2 Å². The largest absolute Gasteiger partial charge is 0.496 e. The summed E-state index contributed by atoms with van der Waals surface area (Å²) in [6, 6.07) is 14.5. The molecule has 110 valence electrons. The molecule has 0 fully saturated rings. The van der Waals surface area contributed by atoms with Crippen molar-refractivity contribution in [3.05, 3.63) is 60.3 Å². The molecule has 0 spiro atoms. The first kappa shape index (κ1) is 13.9. The maximum Gasteiger partial charge on any atom is 0.252 e. The third kappa shape index (κ3) is 2.56. The van der Waals surface area contributed by atoms with Crippen molar-refractivity contribution in [1.82, 2.24) is 4.98 Å². The minimum Gasteiger partial charge on any atom is -0.496 e. The number of methoxy groups -OCH3 is 1. The molecule has 2 N–H and O–H groups in total. The van der Waals surface area contributed by atoms with E-state index in [1.54, 1.807) is 24.4 Å². The third-order valence-electron chi connectivity index (χ3n) is 3.26. The maximum atomic E-state index is 11.5. The molecule has 3 rings (SSSR count). The quantitative estimate of drug-likeness (QED) is 0.802. The van der Waals surface area contributed by atoms with Gasteiger partial charge in [-0.1, -0.05) is 18.2 Å². The summed E-state index contributed by atoms with van der Waals surface area (Å²) in [5.41, 5.74) is 6.27. The second kappa shape index (κ2) is 5.73. The lowest BCUT2D eigenvalue weighted by molar-refractivity contribution is 0.0997. The van der Waals surface area contributed by atoms with E-state index in [0.717, 1.165) is 5.39 Å². The summed E-state index contributed by atoms with van der Waals surface area (Å²) in [7, 11) is 1.49. The molecule has 1 amide bonds. The number of rotatable bonds is 4. The smallest absolute Gasteiger partial charge is 0.252 e. The molecule has 0 radical (unpaired) electrons. The van der Waals surface area contributed by atoms with E-state index in [0.29, 0.717) is 28.3 Å². The van der Waals surface area contributed by atoms with Crippen LogP contribution in [0.25, 0.3) is 10.9 Å². The monoisotopic (exact) mass is 294 g/mol. The molecule has 1 aromatic heterocycles. The number of carbonyl (C=O) groups is 1. The number of aromatic nitrogens is 1. The molecule has 5 nitrogen and oxygen atoms in total. The van der Waals surface area contributed by atoms with Gasteiger partial charge in [0.2, 0.25) is 0 Å². The molecule has 0 saturated heterocycles. The number of pyridine rings is 1. The van der Waals surface area contributed by atoms with Crippen LogP contribution in [0, 0.1) is 0 Å². The molecule has 0 bridgehead atoms. The zero-order valence-electron chi connectivity index (χ0n) is 11.9. The summed E-state index contributed by atoms with van der Waals surface area (Å²) >= 11 is 0. The van der Waals surface area contributed by atoms with E-state index in [4.69, 9.17) is 15.2 Å². The summed E-state index contributed by atoms with van der Waals surface area (Å²) < 4.78 is 11.1. The minimum atomic E-state index is -0.560. The first-order valence-corrected chi connectivity index (χ1v) is 6.68. The third-order valence-corrected chi connectivity index (χ3v) is 3.26. The summed E-state index contributed by atoms with van der Waals surface area (Å²) in [4.78, 5) is 15.7. The van der Waals surface area contributed by atoms with Gasteiger partial charge in [-0.25, -0.2) is 0 Å². The van der Waals surface area contributed by atoms with Crippen molar-refractivity contribution in [2.75, 3.05) is 7.11 Å². The summed E-state index contributed by atoms with van der Waals surface area (Å²) in [6.45, 7) is 0. The molecule has 0 aliphatic carbocycles. The van der Waals surface area contributed by atoms with Gasteiger partial charge in [0.1, 0.15) is 17.2 Å². The van der Waals surface area contributed by atoms with E-state index < -0.39 is 5.91 Å². The van der Waals surface area contributed by atoms with Crippen LogP contribution < -0.4 is 15.2 Å². The number of para-hydroxylation sites is 1. The van der Waals surface area contributed by atoms with Gasteiger partial charge in [0, 0.05) is 11.6 Å². The molecule has 0 saturated carbocycles. The highest BCUT2D eigenvalue weighted by Gasteiger charge is 2.14. The molecule has 0 atom stereocenters. The SMILES string of the molecule is COc1cc2c(Oc3ccccc3)ccnc2cc1C(N)=O. The Balaban J connectivity index is 2.14. The van der Waals surface area contributed by atoms with Crippen molar-refractivity contribution >= 4 is 16.8 Å². The summed E-state index contributed by atoms with van der Waals surface area (Å²) in [5.74, 6) is 1.18. The Morgan fingerprint density at radius 2 is 1.86 bits per heavy atom. The first-order valence-electron chi connectivity index (χ1n) is 6.68. The number of nitrogens with two attached hydrogens (primary N) is 1. The number of ether oxygens (including phenoxy) is 2. The number of fused-ring (bicyclic) bond motifs is 1. The van der Waals surface area contributed by atoms with Crippen LogP contribution in [0.2, 0.25) is 0 Å². The van der Waals surface area contributed by atoms with Crippen LogP contribution in [-0.2, 0) is 0 Å². The Kier molecular flexibility index (Phi) is 3.62. The number of primary amides is 1. The Hall–Kier alpha value is -3.08. The molecule has 2 aromatic carbocycles. The standard InChI is InChI=1S/C17H14N2O3/c1-21-16-10-12-14(9-13(16)17(18)20)19-8-7-15(12)22-11-5-3-2-4-6-11/h2-10H,1H3,(H2,18,20). The number of hydrogen-bond acceptors (Lipinski definition) is 4. The van der Waals surface area contributed by atoms with Crippen LogP contribution in [0.4, 0.5) is 0 Å². The van der Waals surface area contributed by atoms with Gasteiger partial charge in [0.15, 0.2) is 0 Å². The van der Waals surface area contributed by atoms with Crippen molar-refractivity contribution in [1.29, 1.82) is 0 Å². The van der Waals surface area contributed by atoms with Crippen LogP contribution in [0.5, 0.6) is 17.2 Å². The van der Waals surface area contributed by atoms with Gasteiger partial charge in [-0.2, -0.15) is 0 Å². The second-order valence-electron chi connectivity index (χ2n) is 4.66. The van der Waals surface area contributed by atoms with Gasteiger partial charge in [0.05, 0.1) is 18.2 Å². The van der Waals surface area contributed by atoms with E-state index in [1.807, 2.05) is 30.3 Å². The van der Waals surface area contributed by atoms with Gasteiger partial charge >= 0.3 is 0 Å². The van der Waals surface area contributed by atoms with Gasteiger partial charge in [0.25, 0.3) is 5.91 Å². The van der Waals surface area contributed by atoms with Gasteiger partial charge in [-0.15, -0.1) is 0 Å². The molecular formula is C17H14N2O3.